The Morgan fingerprint density at radius 2 is 1.75 bits per heavy atom. The number of piperidine rings is 2. The second-order valence-electron chi connectivity index (χ2n) is 6.91. The fourth-order valence-corrected chi connectivity index (χ4v) is 4.03. The Morgan fingerprint density at radius 1 is 1.17 bits per heavy atom. The molecule has 3 rings (SSSR count). The minimum Gasteiger partial charge on any atom is -0.406 e. The number of benzene rings is 1. The van der Waals surface area contributed by atoms with E-state index in [1.165, 1.54) is 30.7 Å². The number of alkyl halides is 3. The lowest BCUT2D eigenvalue weighted by Gasteiger charge is -2.46. The average molecular weight is 341 g/mol. The van der Waals surface area contributed by atoms with Crippen LogP contribution >= 0.6 is 0 Å². The minimum absolute atomic E-state index is 0.0719. The summed E-state index contributed by atoms with van der Waals surface area (Å²) in [5, 5.41) is 0. The number of fused-ring (bicyclic) bond motifs is 2. The first-order valence-electron chi connectivity index (χ1n) is 8.41. The maximum Gasteiger partial charge on any atom is 0.573 e. The van der Waals surface area contributed by atoms with Gasteiger partial charge in [-0.05, 0) is 50.4 Å². The molecule has 6 heteroatoms. The molecule has 0 spiro atoms. The van der Waals surface area contributed by atoms with E-state index in [-0.39, 0.29) is 23.9 Å². The molecule has 2 heterocycles. The Balaban J connectivity index is 1.59. The van der Waals surface area contributed by atoms with Gasteiger partial charge in [-0.15, -0.1) is 13.2 Å². The number of ether oxygens (including phenoxy) is 1. The van der Waals surface area contributed by atoms with Crippen LogP contribution in [0, 0.1) is 5.92 Å². The minimum atomic E-state index is -4.69. The summed E-state index contributed by atoms with van der Waals surface area (Å²) < 4.78 is 40.3. The zero-order valence-electron chi connectivity index (χ0n) is 13.7. The molecule has 2 aliphatic heterocycles. The smallest absolute Gasteiger partial charge is 0.406 e. The van der Waals surface area contributed by atoms with Crippen LogP contribution in [0.1, 0.15) is 37.7 Å². The van der Waals surface area contributed by atoms with Gasteiger partial charge in [0.2, 0.25) is 0 Å². The third kappa shape index (κ3) is 4.09. The van der Waals surface area contributed by atoms with Gasteiger partial charge in [-0.3, -0.25) is 4.79 Å². The van der Waals surface area contributed by atoms with E-state index in [1.54, 1.807) is 0 Å². The number of hydrogen-bond acceptors (Lipinski definition) is 3. The first kappa shape index (κ1) is 17.3. The highest BCUT2D eigenvalue weighted by Gasteiger charge is 2.38. The van der Waals surface area contributed by atoms with Crippen LogP contribution in [0.25, 0.3) is 0 Å². The van der Waals surface area contributed by atoms with E-state index in [2.05, 4.69) is 16.7 Å². The number of nitrogens with zero attached hydrogens (tertiary/aromatic N) is 1. The van der Waals surface area contributed by atoms with Gasteiger partial charge >= 0.3 is 6.36 Å². The third-order valence-corrected chi connectivity index (χ3v) is 5.33. The van der Waals surface area contributed by atoms with Crippen LogP contribution < -0.4 is 4.74 Å². The lowest BCUT2D eigenvalue weighted by atomic mass is 9.76. The van der Waals surface area contributed by atoms with Gasteiger partial charge < -0.3 is 9.64 Å². The number of Topliss-reactive ketones (excluding diaryl/α,β-unsaturated/α-hetero) is 1. The summed E-state index contributed by atoms with van der Waals surface area (Å²) in [7, 11) is 2.15. The molecule has 0 radical (unpaired) electrons. The van der Waals surface area contributed by atoms with Gasteiger partial charge in [0.05, 0.1) is 0 Å². The van der Waals surface area contributed by atoms with Crippen LogP contribution in [0.15, 0.2) is 24.3 Å². The van der Waals surface area contributed by atoms with E-state index >= 15 is 0 Å². The summed E-state index contributed by atoms with van der Waals surface area (Å²) in [6.07, 6.45) is 0.938. The molecule has 0 N–H and O–H groups in total. The Labute approximate surface area is 139 Å². The van der Waals surface area contributed by atoms with Crippen LogP contribution in [0.4, 0.5) is 13.2 Å². The molecule has 2 aliphatic rings. The summed E-state index contributed by atoms with van der Waals surface area (Å²) in [6.45, 7) is 0. The third-order valence-electron chi connectivity index (χ3n) is 5.33. The summed E-state index contributed by atoms with van der Waals surface area (Å²) in [4.78, 5) is 15.0. The van der Waals surface area contributed by atoms with Gasteiger partial charge in [0.25, 0.3) is 0 Å². The topological polar surface area (TPSA) is 29.5 Å². The average Bonchev–Trinajstić information content (AvgIpc) is 2.47. The normalized spacial score (nSPS) is 27.8. The second kappa shape index (κ2) is 6.75. The van der Waals surface area contributed by atoms with Gasteiger partial charge in [-0.25, -0.2) is 0 Å². The molecule has 1 aromatic carbocycles. The fourth-order valence-electron chi connectivity index (χ4n) is 4.03. The molecule has 3 nitrogen and oxygen atoms in total. The van der Waals surface area contributed by atoms with E-state index in [0.717, 1.165) is 31.2 Å². The van der Waals surface area contributed by atoms with E-state index in [1.807, 2.05) is 0 Å². The van der Waals surface area contributed by atoms with Crippen LogP contribution in [0.3, 0.4) is 0 Å². The van der Waals surface area contributed by atoms with Crippen molar-refractivity contribution in [3.63, 3.8) is 0 Å². The highest BCUT2D eigenvalue weighted by molar-refractivity contribution is 5.83. The SMILES string of the molecule is CN1C2CCCC1CC(C(=O)Cc1ccc(OC(F)(F)F)cc1)C2. The highest BCUT2D eigenvalue weighted by Crippen LogP contribution is 2.36. The van der Waals surface area contributed by atoms with E-state index < -0.39 is 6.36 Å². The quantitative estimate of drug-likeness (QED) is 0.830. The van der Waals surface area contributed by atoms with E-state index in [4.69, 9.17) is 0 Å². The van der Waals surface area contributed by atoms with Crippen molar-refractivity contribution < 1.29 is 22.7 Å². The molecule has 2 saturated heterocycles. The molecule has 2 atom stereocenters. The van der Waals surface area contributed by atoms with Crippen LogP contribution in [-0.4, -0.2) is 36.2 Å². The maximum absolute atomic E-state index is 12.6. The predicted molar refractivity (Wildman–Crippen MR) is 83.8 cm³/mol. The highest BCUT2D eigenvalue weighted by atomic mass is 19.4. The molecular weight excluding hydrogens is 319 g/mol. The largest absolute Gasteiger partial charge is 0.573 e. The molecular formula is C18H22F3NO2. The molecule has 0 aliphatic carbocycles. The molecule has 0 saturated carbocycles. The number of carbonyl (C=O) groups excluding carboxylic acids is 1. The molecule has 2 bridgehead atoms. The van der Waals surface area contributed by atoms with Crippen molar-refractivity contribution in [2.75, 3.05) is 7.05 Å². The van der Waals surface area contributed by atoms with Crippen molar-refractivity contribution in [3.8, 4) is 5.75 Å². The monoisotopic (exact) mass is 341 g/mol. The zero-order chi connectivity index (χ0) is 17.3. The van der Waals surface area contributed by atoms with Crippen molar-refractivity contribution in [2.45, 2.75) is 57.0 Å². The van der Waals surface area contributed by atoms with E-state index in [0.29, 0.717) is 12.1 Å². The predicted octanol–water partition coefficient (Wildman–Crippen LogP) is 3.96. The summed E-state index contributed by atoms with van der Waals surface area (Å²) in [6, 6.07) is 6.59. The Bertz CT molecular complexity index is 571. The first-order chi connectivity index (χ1) is 11.3. The van der Waals surface area contributed by atoms with Crippen molar-refractivity contribution in [1.29, 1.82) is 0 Å². The number of hydrogen-bond donors (Lipinski definition) is 0. The summed E-state index contributed by atoms with van der Waals surface area (Å²) >= 11 is 0. The zero-order valence-corrected chi connectivity index (χ0v) is 13.7. The van der Waals surface area contributed by atoms with Gasteiger partial charge in [-0.1, -0.05) is 18.6 Å². The van der Waals surface area contributed by atoms with Crippen molar-refractivity contribution in [3.05, 3.63) is 29.8 Å². The summed E-state index contributed by atoms with van der Waals surface area (Å²) in [5.74, 6) is 0.0135. The number of rotatable bonds is 4. The Morgan fingerprint density at radius 3 is 2.29 bits per heavy atom. The molecule has 132 valence electrons. The number of ketones is 1. The number of halogens is 3. The Hall–Kier alpha value is -1.56. The van der Waals surface area contributed by atoms with Crippen LogP contribution in [0.2, 0.25) is 0 Å². The lowest BCUT2D eigenvalue weighted by molar-refractivity contribution is -0.274. The van der Waals surface area contributed by atoms with Crippen molar-refractivity contribution in [2.24, 2.45) is 5.92 Å². The van der Waals surface area contributed by atoms with Crippen LogP contribution in [-0.2, 0) is 11.2 Å². The van der Waals surface area contributed by atoms with Crippen molar-refractivity contribution in [1.82, 2.24) is 4.90 Å². The number of carbonyl (C=O) groups is 1. The fraction of sp³-hybridized carbons (Fsp3) is 0.611. The first-order valence-corrected chi connectivity index (χ1v) is 8.41. The molecule has 24 heavy (non-hydrogen) atoms. The van der Waals surface area contributed by atoms with Crippen molar-refractivity contribution >= 4 is 5.78 Å². The second-order valence-corrected chi connectivity index (χ2v) is 6.91. The standard InChI is InChI=1S/C18H22F3NO2/c1-22-14-3-2-4-15(22)11-13(10-14)17(23)9-12-5-7-16(8-6-12)24-18(19,20)21/h5-8,13-15H,2-4,9-11H2,1H3. The van der Waals surface area contributed by atoms with E-state index in [9.17, 15) is 18.0 Å². The lowest BCUT2D eigenvalue weighted by Crippen LogP contribution is -2.51. The molecule has 1 aromatic rings. The van der Waals surface area contributed by atoms with Crippen LogP contribution in [0.5, 0.6) is 5.75 Å². The molecule has 0 amide bonds. The molecule has 0 aromatic heterocycles. The maximum atomic E-state index is 12.6. The molecule has 2 fully saturated rings. The Kier molecular flexibility index (Phi) is 4.85. The van der Waals surface area contributed by atoms with Gasteiger partial charge in [0, 0.05) is 24.4 Å². The van der Waals surface area contributed by atoms with Gasteiger partial charge in [0.1, 0.15) is 11.5 Å². The summed E-state index contributed by atoms with van der Waals surface area (Å²) in [5.41, 5.74) is 0.735. The van der Waals surface area contributed by atoms with Gasteiger partial charge in [-0.2, -0.15) is 0 Å². The van der Waals surface area contributed by atoms with Gasteiger partial charge in [0.15, 0.2) is 0 Å². The molecule has 2 unspecified atom stereocenters.